The van der Waals surface area contributed by atoms with Gasteiger partial charge in [0.05, 0.1) is 5.52 Å². The fraction of sp³-hybridized carbons (Fsp3) is 0.0556. The van der Waals surface area contributed by atoms with Gasteiger partial charge in [-0.3, -0.25) is 4.98 Å². The Labute approximate surface area is 144 Å². The van der Waals surface area contributed by atoms with E-state index in [1.165, 1.54) is 6.07 Å². The Morgan fingerprint density at radius 2 is 1.74 bits per heavy atom. The minimum absolute atomic E-state index is 0. The minimum atomic E-state index is -4.37. The van der Waals surface area contributed by atoms with Crippen molar-refractivity contribution in [1.82, 2.24) is 4.98 Å². The Morgan fingerprint density at radius 1 is 0.957 bits per heavy atom. The van der Waals surface area contributed by atoms with Gasteiger partial charge in [0.2, 0.25) is 0 Å². The molecule has 1 aliphatic carbocycles. The molecular weight excluding hydrogens is 479 g/mol. The average molecular weight is 488 g/mol. The molecule has 2 aromatic carbocycles. The Morgan fingerprint density at radius 3 is 2.52 bits per heavy atom. The molecule has 4 rings (SSSR count). The fourth-order valence-corrected chi connectivity index (χ4v) is 2.73. The Bertz CT molecular complexity index is 929. The first-order valence-corrected chi connectivity index (χ1v) is 6.73. The molecule has 117 valence electrons. The van der Waals surface area contributed by atoms with Crippen molar-refractivity contribution < 1.29 is 33.3 Å². The summed E-state index contributed by atoms with van der Waals surface area (Å²) in [6, 6.07) is 13.8. The monoisotopic (exact) mass is 489 g/mol. The third kappa shape index (κ3) is 2.71. The van der Waals surface area contributed by atoms with E-state index in [4.69, 9.17) is 0 Å². The summed E-state index contributed by atoms with van der Waals surface area (Å²) in [5, 5.41) is 1.04. The van der Waals surface area contributed by atoms with E-state index in [2.05, 4.69) is 11.1 Å². The number of nitrogens with zero attached hydrogens (tertiary/aromatic N) is 1. The molecule has 1 heterocycles. The molecule has 5 heteroatoms. The van der Waals surface area contributed by atoms with Crippen molar-refractivity contribution in [2.24, 2.45) is 0 Å². The van der Waals surface area contributed by atoms with Crippen LogP contribution in [0, 0.1) is 6.07 Å². The number of benzene rings is 2. The van der Waals surface area contributed by atoms with Crippen LogP contribution in [0.4, 0.5) is 13.2 Å². The van der Waals surface area contributed by atoms with E-state index in [1.807, 2.05) is 30.4 Å². The molecule has 0 fully saturated rings. The molecule has 0 unspecified atom stereocenters. The number of alkyl halides is 3. The third-order valence-corrected chi connectivity index (χ3v) is 3.74. The summed E-state index contributed by atoms with van der Waals surface area (Å²) in [6.45, 7) is 0. The van der Waals surface area contributed by atoms with E-state index in [0.717, 1.165) is 34.2 Å². The van der Waals surface area contributed by atoms with E-state index in [0.29, 0.717) is 11.3 Å². The summed E-state index contributed by atoms with van der Waals surface area (Å²) in [5.41, 5.74) is 2.99. The van der Waals surface area contributed by atoms with E-state index in [1.54, 1.807) is 6.07 Å². The quantitative estimate of drug-likeness (QED) is 0.336. The molecule has 0 aliphatic heterocycles. The van der Waals surface area contributed by atoms with Gasteiger partial charge in [0.15, 0.2) is 0 Å². The molecule has 1 radical (unpaired) electrons. The first kappa shape index (κ1) is 15.9. The maximum absolute atomic E-state index is 12.8. The maximum atomic E-state index is 12.8. The predicted octanol–water partition coefficient (Wildman–Crippen LogP) is 5.20. The number of halogens is 3. The zero-order valence-electron chi connectivity index (χ0n) is 11.6. The van der Waals surface area contributed by atoms with Gasteiger partial charge >= 0.3 is 6.18 Å². The molecule has 0 saturated carbocycles. The zero-order valence-corrected chi connectivity index (χ0v) is 14.0. The van der Waals surface area contributed by atoms with Crippen LogP contribution in [-0.2, 0) is 26.3 Å². The van der Waals surface area contributed by atoms with Crippen molar-refractivity contribution in [3.63, 3.8) is 0 Å². The first-order chi connectivity index (χ1) is 10.5. The summed E-state index contributed by atoms with van der Waals surface area (Å²) < 4.78 is 38.5. The fourth-order valence-electron chi connectivity index (χ4n) is 2.73. The van der Waals surface area contributed by atoms with Crippen molar-refractivity contribution in [2.75, 3.05) is 0 Å². The average Bonchev–Trinajstić information content (AvgIpc) is 2.92. The molecule has 0 spiro atoms. The van der Waals surface area contributed by atoms with Gasteiger partial charge in [0.1, 0.15) is 0 Å². The molecule has 1 aromatic heterocycles. The van der Waals surface area contributed by atoms with Crippen molar-refractivity contribution in [2.45, 2.75) is 6.18 Å². The van der Waals surface area contributed by atoms with E-state index < -0.39 is 11.7 Å². The second-order valence-corrected chi connectivity index (χ2v) is 5.16. The molecule has 0 atom stereocenters. The number of hydrogen-bond donors (Lipinski definition) is 0. The SMILES string of the molecule is FC(F)(F)c1cc[c-]c(-c2cc3c4c(cccc4n2)C=C3)c1.[Ir]. The third-order valence-electron chi connectivity index (χ3n) is 3.74. The van der Waals surface area contributed by atoms with Crippen LogP contribution in [0.2, 0.25) is 0 Å². The maximum Gasteiger partial charge on any atom is 0.399 e. The van der Waals surface area contributed by atoms with Crippen LogP contribution in [0.5, 0.6) is 0 Å². The van der Waals surface area contributed by atoms with Gasteiger partial charge < -0.3 is 0 Å². The predicted molar refractivity (Wildman–Crippen MR) is 79.9 cm³/mol. The van der Waals surface area contributed by atoms with Crippen LogP contribution in [0.15, 0.2) is 42.5 Å². The first-order valence-electron chi connectivity index (χ1n) is 6.73. The molecule has 1 nitrogen and oxygen atoms in total. The van der Waals surface area contributed by atoms with Crippen LogP contribution in [0.1, 0.15) is 16.7 Å². The zero-order chi connectivity index (χ0) is 15.3. The molecule has 0 N–H and O–H groups in total. The Kier molecular flexibility index (Phi) is 3.86. The largest absolute Gasteiger partial charge is 0.399 e. The summed E-state index contributed by atoms with van der Waals surface area (Å²) in [4.78, 5) is 4.49. The Hall–Kier alpha value is -1.97. The van der Waals surface area contributed by atoms with E-state index >= 15 is 0 Å². The molecule has 3 aromatic rings. The molecule has 0 amide bonds. The van der Waals surface area contributed by atoms with Crippen LogP contribution in [-0.4, -0.2) is 4.98 Å². The summed E-state index contributed by atoms with van der Waals surface area (Å²) in [6.07, 6.45) is -0.431. The second kappa shape index (κ2) is 5.59. The summed E-state index contributed by atoms with van der Waals surface area (Å²) in [5.74, 6) is 0. The van der Waals surface area contributed by atoms with E-state index in [-0.39, 0.29) is 20.1 Å². The van der Waals surface area contributed by atoms with Gasteiger partial charge in [0.25, 0.3) is 0 Å². The van der Waals surface area contributed by atoms with Crippen molar-refractivity contribution in [3.05, 3.63) is 65.2 Å². The summed E-state index contributed by atoms with van der Waals surface area (Å²) >= 11 is 0. The van der Waals surface area contributed by atoms with Crippen LogP contribution >= 0.6 is 0 Å². The normalized spacial score (nSPS) is 12.5. The van der Waals surface area contributed by atoms with Gasteiger partial charge in [-0.1, -0.05) is 30.4 Å². The molecule has 23 heavy (non-hydrogen) atoms. The molecule has 0 saturated heterocycles. The number of pyridine rings is 1. The number of rotatable bonds is 1. The van der Waals surface area contributed by atoms with Crippen LogP contribution in [0.25, 0.3) is 34.3 Å². The molecular formula is C18H9F3IrN-. The van der Waals surface area contributed by atoms with E-state index in [9.17, 15) is 13.2 Å². The van der Waals surface area contributed by atoms with Crippen molar-refractivity contribution in [1.29, 1.82) is 0 Å². The van der Waals surface area contributed by atoms with Gasteiger partial charge in [-0.15, -0.1) is 29.8 Å². The van der Waals surface area contributed by atoms with Crippen LogP contribution < -0.4 is 0 Å². The standard InChI is InChI=1S/C18H9F3N.Ir/c19-18(20,21)14-5-1-4-12(9-14)16-10-13-8-7-11-3-2-6-15(22-16)17(11)13;/h1-3,5-10H;/q-1;. The van der Waals surface area contributed by atoms with Crippen molar-refractivity contribution in [3.8, 4) is 11.3 Å². The number of hydrogen-bond acceptors (Lipinski definition) is 1. The van der Waals surface area contributed by atoms with Gasteiger partial charge in [-0.25, -0.2) is 0 Å². The summed E-state index contributed by atoms with van der Waals surface area (Å²) in [7, 11) is 0. The molecule has 0 bridgehead atoms. The van der Waals surface area contributed by atoms with Gasteiger partial charge in [0, 0.05) is 25.5 Å². The van der Waals surface area contributed by atoms with Gasteiger partial charge in [-0.2, -0.15) is 13.2 Å². The van der Waals surface area contributed by atoms with Crippen LogP contribution in [0.3, 0.4) is 0 Å². The topological polar surface area (TPSA) is 12.9 Å². The second-order valence-electron chi connectivity index (χ2n) is 5.16. The number of aromatic nitrogens is 1. The van der Waals surface area contributed by atoms with Crippen molar-refractivity contribution >= 4 is 23.1 Å². The molecule has 1 aliphatic rings. The Balaban J connectivity index is 0.00000156. The van der Waals surface area contributed by atoms with Gasteiger partial charge in [-0.05, 0) is 28.5 Å². The smallest absolute Gasteiger partial charge is 0.296 e. The minimum Gasteiger partial charge on any atom is -0.296 e.